The number of nitrogens with one attached hydrogen (secondary N) is 1. The molecule has 2 N–H and O–H groups in total. The fourth-order valence-corrected chi connectivity index (χ4v) is 2.25. The lowest BCUT2D eigenvalue weighted by atomic mass is 9.84. The van der Waals surface area contributed by atoms with Gasteiger partial charge in [0.1, 0.15) is 0 Å². The summed E-state index contributed by atoms with van der Waals surface area (Å²) in [7, 11) is 4.05. The predicted octanol–water partition coefficient (Wildman–Crippen LogP) is 0.833. The number of hydrogen-bond acceptors (Lipinski definition) is 3. The highest BCUT2D eigenvalue weighted by Crippen LogP contribution is 2.28. The molecule has 0 heterocycles. The van der Waals surface area contributed by atoms with E-state index in [4.69, 9.17) is 0 Å². The maximum absolute atomic E-state index is 10.3. The third-order valence-electron chi connectivity index (χ3n) is 3.09. The first kappa shape index (κ1) is 12.0. The number of nitrogens with zero attached hydrogens (tertiary/aromatic N) is 1. The van der Waals surface area contributed by atoms with Gasteiger partial charge in [-0.3, -0.25) is 0 Å². The molecule has 1 aliphatic rings. The van der Waals surface area contributed by atoms with Crippen molar-refractivity contribution in [1.82, 2.24) is 10.2 Å². The van der Waals surface area contributed by atoms with E-state index in [1.165, 1.54) is 19.3 Å². The van der Waals surface area contributed by atoms with Crippen molar-refractivity contribution in [3.05, 3.63) is 0 Å². The molecule has 0 atom stereocenters. The normalized spacial score (nSPS) is 21.4. The Kier molecular flexibility index (Phi) is 4.85. The van der Waals surface area contributed by atoms with Crippen LogP contribution >= 0.6 is 0 Å². The van der Waals surface area contributed by atoms with Crippen LogP contribution in [0.1, 0.15) is 32.1 Å². The molecule has 0 amide bonds. The summed E-state index contributed by atoms with van der Waals surface area (Å²) in [6.07, 6.45) is 5.64. The second-order valence-corrected chi connectivity index (χ2v) is 4.63. The SMILES string of the molecule is CNCCN(C)CC1(O)CCCCC1. The van der Waals surface area contributed by atoms with Crippen LogP contribution in [0.4, 0.5) is 0 Å². The quantitative estimate of drug-likeness (QED) is 0.690. The molecule has 0 unspecified atom stereocenters. The molecule has 3 nitrogen and oxygen atoms in total. The van der Waals surface area contributed by atoms with E-state index in [0.29, 0.717) is 0 Å². The fourth-order valence-electron chi connectivity index (χ4n) is 2.25. The first-order chi connectivity index (χ1) is 6.66. The van der Waals surface area contributed by atoms with Gasteiger partial charge in [0.25, 0.3) is 0 Å². The Hall–Kier alpha value is -0.120. The van der Waals surface area contributed by atoms with Crippen LogP contribution in [0.3, 0.4) is 0 Å². The summed E-state index contributed by atoms with van der Waals surface area (Å²) in [5.41, 5.74) is -0.402. The van der Waals surface area contributed by atoms with Gasteiger partial charge in [-0.05, 0) is 26.9 Å². The first-order valence-corrected chi connectivity index (χ1v) is 5.72. The van der Waals surface area contributed by atoms with E-state index in [2.05, 4.69) is 17.3 Å². The van der Waals surface area contributed by atoms with Crippen molar-refractivity contribution < 1.29 is 5.11 Å². The zero-order chi connectivity index (χ0) is 10.4. The average Bonchev–Trinajstić information content (AvgIpc) is 2.15. The topological polar surface area (TPSA) is 35.5 Å². The maximum Gasteiger partial charge on any atom is 0.0774 e. The molecule has 0 aliphatic heterocycles. The molecular weight excluding hydrogens is 176 g/mol. The summed E-state index contributed by atoms with van der Waals surface area (Å²) in [5, 5.41) is 13.4. The standard InChI is InChI=1S/C11H24N2O/c1-12-8-9-13(2)10-11(14)6-4-3-5-7-11/h12,14H,3-10H2,1-2H3. The lowest BCUT2D eigenvalue weighted by molar-refractivity contribution is -0.0204. The van der Waals surface area contributed by atoms with E-state index in [0.717, 1.165) is 32.5 Å². The van der Waals surface area contributed by atoms with Crippen molar-refractivity contribution in [1.29, 1.82) is 0 Å². The summed E-state index contributed by atoms with van der Waals surface area (Å²) < 4.78 is 0. The van der Waals surface area contributed by atoms with Crippen molar-refractivity contribution >= 4 is 0 Å². The van der Waals surface area contributed by atoms with Crippen molar-refractivity contribution in [2.45, 2.75) is 37.7 Å². The van der Waals surface area contributed by atoms with Crippen LogP contribution in [0.5, 0.6) is 0 Å². The van der Waals surface area contributed by atoms with Crippen molar-refractivity contribution in [3.63, 3.8) is 0 Å². The Labute approximate surface area is 87.5 Å². The van der Waals surface area contributed by atoms with E-state index in [1.807, 2.05) is 7.05 Å². The van der Waals surface area contributed by atoms with E-state index in [-0.39, 0.29) is 0 Å². The van der Waals surface area contributed by atoms with Crippen LogP contribution in [-0.4, -0.2) is 49.3 Å². The molecule has 0 aromatic rings. The minimum atomic E-state index is -0.402. The van der Waals surface area contributed by atoms with Gasteiger partial charge in [-0.2, -0.15) is 0 Å². The smallest absolute Gasteiger partial charge is 0.0774 e. The molecule has 1 saturated carbocycles. The van der Waals surface area contributed by atoms with Crippen LogP contribution in [0.25, 0.3) is 0 Å². The van der Waals surface area contributed by atoms with Gasteiger partial charge >= 0.3 is 0 Å². The Morgan fingerprint density at radius 2 is 1.93 bits per heavy atom. The van der Waals surface area contributed by atoms with Gasteiger partial charge in [0.05, 0.1) is 5.60 Å². The summed E-state index contributed by atoms with van der Waals surface area (Å²) in [6, 6.07) is 0. The van der Waals surface area contributed by atoms with Crippen LogP contribution in [0.2, 0.25) is 0 Å². The van der Waals surface area contributed by atoms with Gasteiger partial charge in [-0.25, -0.2) is 0 Å². The first-order valence-electron chi connectivity index (χ1n) is 5.72. The Bertz CT molecular complexity index is 155. The molecule has 14 heavy (non-hydrogen) atoms. The summed E-state index contributed by atoms with van der Waals surface area (Å²) in [4.78, 5) is 2.22. The van der Waals surface area contributed by atoms with Gasteiger partial charge in [0.15, 0.2) is 0 Å². The van der Waals surface area contributed by atoms with E-state index in [1.54, 1.807) is 0 Å². The molecule has 84 valence electrons. The number of hydrogen-bond donors (Lipinski definition) is 2. The van der Waals surface area contributed by atoms with E-state index < -0.39 is 5.60 Å². The van der Waals surface area contributed by atoms with Crippen LogP contribution in [-0.2, 0) is 0 Å². The largest absolute Gasteiger partial charge is 0.389 e. The lowest BCUT2D eigenvalue weighted by Crippen LogP contribution is -2.44. The van der Waals surface area contributed by atoms with E-state index in [9.17, 15) is 5.11 Å². The zero-order valence-corrected chi connectivity index (χ0v) is 9.55. The monoisotopic (exact) mass is 200 g/mol. The maximum atomic E-state index is 10.3. The predicted molar refractivity (Wildman–Crippen MR) is 59.5 cm³/mol. The molecule has 0 radical (unpaired) electrons. The zero-order valence-electron chi connectivity index (χ0n) is 9.55. The van der Waals surface area contributed by atoms with Gasteiger partial charge in [0.2, 0.25) is 0 Å². The highest BCUT2D eigenvalue weighted by Gasteiger charge is 2.29. The summed E-state index contributed by atoms with van der Waals surface area (Å²) in [6.45, 7) is 2.83. The van der Waals surface area contributed by atoms with E-state index >= 15 is 0 Å². The molecule has 3 heteroatoms. The van der Waals surface area contributed by atoms with Gasteiger partial charge in [-0.15, -0.1) is 0 Å². The molecule has 0 saturated heterocycles. The van der Waals surface area contributed by atoms with Crippen molar-refractivity contribution in [3.8, 4) is 0 Å². The molecule has 1 rings (SSSR count). The summed E-state index contributed by atoms with van der Waals surface area (Å²) >= 11 is 0. The summed E-state index contributed by atoms with van der Waals surface area (Å²) in [5.74, 6) is 0. The van der Waals surface area contributed by atoms with Gasteiger partial charge in [0, 0.05) is 19.6 Å². The molecule has 0 aromatic carbocycles. The number of rotatable bonds is 5. The van der Waals surface area contributed by atoms with Crippen LogP contribution in [0.15, 0.2) is 0 Å². The molecule has 0 spiro atoms. The average molecular weight is 200 g/mol. The lowest BCUT2D eigenvalue weighted by Gasteiger charge is -2.35. The number of likely N-dealkylation sites (N-methyl/N-ethyl adjacent to an activating group) is 2. The minimum absolute atomic E-state index is 0.402. The Morgan fingerprint density at radius 3 is 2.50 bits per heavy atom. The minimum Gasteiger partial charge on any atom is -0.389 e. The fraction of sp³-hybridized carbons (Fsp3) is 1.00. The highest BCUT2D eigenvalue weighted by atomic mass is 16.3. The molecule has 1 aliphatic carbocycles. The van der Waals surface area contributed by atoms with Gasteiger partial charge < -0.3 is 15.3 Å². The second kappa shape index (κ2) is 5.69. The Balaban J connectivity index is 2.25. The van der Waals surface area contributed by atoms with Crippen molar-refractivity contribution in [2.75, 3.05) is 33.7 Å². The van der Waals surface area contributed by atoms with Crippen LogP contribution in [0, 0.1) is 0 Å². The second-order valence-electron chi connectivity index (χ2n) is 4.63. The number of aliphatic hydroxyl groups is 1. The molecule has 1 fully saturated rings. The molecule has 0 bridgehead atoms. The highest BCUT2D eigenvalue weighted by molar-refractivity contribution is 4.84. The molecular formula is C11H24N2O. The third kappa shape index (κ3) is 3.95. The van der Waals surface area contributed by atoms with Crippen molar-refractivity contribution in [2.24, 2.45) is 0 Å². The molecule has 0 aromatic heterocycles. The Morgan fingerprint density at radius 1 is 1.29 bits per heavy atom. The van der Waals surface area contributed by atoms with Crippen LogP contribution < -0.4 is 5.32 Å². The van der Waals surface area contributed by atoms with Gasteiger partial charge in [-0.1, -0.05) is 19.3 Å². The third-order valence-corrected chi connectivity index (χ3v) is 3.09.